The molecule has 0 radical (unpaired) electrons. The quantitative estimate of drug-likeness (QED) is 0.611. The molecule has 0 aliphatic heterocycles. The van der Waals surface area contributed by atoms with Crippen LogP contribution < -0.4 is 14.8 Å². The number of hydrogen-bond acceptors (Lipinski definition) is 5. The third-order valence-electron chi connectivity index (χ3n) is 3.70. The second-order valence-electron chi connectivity index (χ2n) is 5.34. The van der Waals surface area contributed by atoms with Gasteiger partial charge in [-0.25, -0.2) is 4.79 Å². The Morgan fingerprint density at radius 3 is 2.35 bits per heavy atom. The molecule has 0 aliphatic carbocycles. The van der Waals surface area contributed by atoms with Crippen molar-refractivity contribution < 1.29 is 23.8 Å². The first kappa shape index (κ1) is 19.1. The largest absolute Gasteiger partial charge is 0.497 e. The Morgan fingerprint density at radius 2 is 1.73 bits per heavy atom. The fourth-order valence-corrected chi connectivity index (χ4v) is 2.28. The predicted molar refractivity (Wildman–Crippen MR) is 98.2 cm³/mol. The average Bonchev–Trinajstić information content (AvgIpc) is 2.70. The molecule has 26 heavy (non-hydrogen) atoms. The molecule has 0 saturated heterocycles. The zero-order valence-electron chi connectivity index (χ0n) is 14.9. The molecule has 0 atom stereocenters. The molecule has 0 bridgehead atoms. The van der Waals surface area contributed by atoms with Crippen LogP contribution in [0.4, 0.5) is 0 Å². The van der Waals surface area contributed by atoms with E-state index in [1.165, 1.54) is 13.2 Å². The molecule has 0 aromatic heterocycles. The van der Waals surface area contributed by atoms with Gasteiger partial charge in [-0.15, -0.1) is 0 Å². The topological polar surface area (TPSA) is 73.9 Å². The summed E-state index contributed by atoms with van der Waals surface area (Å²) in [4.78, 5) is 23.4. The summed E-state index contributed by atoms with van der Waals surface area (Å²) in [6, 6.07) is 12.2. The van der Waals surface area contributed by atoms with Gasteiger partial charge in [0.15, 0.2) is 0 Å². The first-order valence-electron chi connectivity index (χ1n) is 7.92. The molecule has 1 N–H and O–H groups in total. The molecule has 0 saturated carbocycles. The number of amides is 1. The molecule has 0 fully saturated rings. The molecule has 0 heterocycles. The van der Waals surface area contributed by atoms with Gasteiger partial charge < -0.3 is 19.5 Å². The van der Waals surface area contributed by atoms with Gasteiger partial charge in [0.05, 0.1) is 26.9 Å². The Morgan fingerprint density at radius 1 is 1.00 bits per heavy atom. The fraction of sp³-hybridized carbons (Fsp3) is 0.200. The smallest absolute Gasteiger partial charge is 0.337 e. The lowest BCUT2D eigenvalue weighted by Crippen LogP contribution is -2.20. The Hall–Kier alpha value is -3.28. The number of benzene rings is 2. The molecule has 0 aliphatic rings. The molecular weight excluding hydrogens is 334 g/mol. The lowest BCUT2D eigenvalue weighted by atomic mass is 10.1. The number of carbonyl (C=O) groups is 2. The second kappa shape index (κ2) is 9.27. The second-order valence-corrected chi connectivity index (χ2v) is 5.34. The van der Waals surface area contributed by atoms with Crippen LogP contribution in [0.2, 0.25) is 0 Å². The van der Waals surface area contributed by atoms with E-state index in [-0.39, 0.29) is 5.91 Å². The molecule has 2 aromatic rings. The van der Waals surface area contributed by atoms with Gasteiger partial charge in [0, 0.05) is 18.2 Å². The summed E-state index contributed by atoms with van der Waals surface area (Å²) in [7, 11) is 4.49. The number of nitrogens with one attached hydrogen (secondary N) is 1. The Balaban J connectivity index is 1.96. The van der Waals surface area contributed by atoms with Crippen molar-refractivity contribution in [2.75, 3.05) is 21.3 Å². The van der Waals surface area contributed by atoms with Crippen LogP contribution in [0, 0.1) is 0 Å². The van der Waals surface area contributed by atoms with E-state index in [0.717, 1.165) is 11.1 Å². The number of rotatable bonds is 7. The van der Waals surface area contributed by atoms with Crippen LogP contribution in [0.5, 0.6) is 11.5 Å². The van der Waals surface area contributed by atoms with Gasteiger partial charge in [0.25, 0.3) is 0 Å². The van der Waals surface area contributed by atoms with Gasteiger partial charge >= 0.3 is 5.97 Å². The molecular formula is C20H21NO5. The normalized spacial score (nSPS) is 10.4. The highest BCUT2D eigenvalue weighted by atomic mass is 16.5. The van der Waals surface area contributed by atoms with E-state index >= 15 is 0 Å². The van der Waals surface area contributed by atoms with E-state index in [4.69, 9.17) is 9.47 Å². The van der Waals surface area contributed by atoms with Crippen LogP contribution in [-0.4, -0.2) is 33.2 Å². The maximum Gasteiger partial charge on any atom is 0.337 e. The maximum atomic E-state index is 12.0. The summed E-state index contributed by atoms with van der Waals surface area (Å²) < 4.78 is 15.1. The summed E-state index contributed by atoms with van der Waals surface area (Å²) in [5.74, 6) is 0.724. The Kier molecular flexibility index (Phi) is 6.79. The Bertz CT molecular complexity index is 796. The van der Waals surface area contributed by atoms with Crippen molar-refractivity contribution in [1.82, 2.24) is 5.32 Å². The molecule has 6 nitrogen and oxygen atoms in total. The summed E-state index contributed by atoms with van der Waals surface area (Å²) in [6.45, 7) is 0.310. The molecule has 0 spiro atoms. The van der Waals surface area contributed by atoms with Gasteiger partial charge in [-0.1, -0.05) is 12.1 Å². The van der Waals surface area contributed by atoms with E-state index in [9.17, 15) is 9.59 Å². The summed E-state index contributed by atoms with van der Waals surface area (Å²) >= 11 is 0. The van der Waals surface area contributed by atoms with Crippen LogP contribution in [0.25, 0.3) is 6.08 Å². The standard InChI is InChI=1S/C20H21NO5/c1-24-17-9-10-18(25-2)16(12-17)13-21-19(22)11-6-14-4-7-15(8-5-14)20(23)26-3/h4-12H,13H2,1-3H3,(H,21,22)/b11-6+. The molecule has 136 valence electrons. The van der Waals surface area contributed by atoms with Gasteiger partial charge in [-0.05, 0) is 42.0 Å². The highest BCUT2D eigenvalue weighted by Gasteiger charge is 2.06. The number of carbonyl (C=O) groups excluding carboxylic acids is 2. The minimum absolute atomic E-state index is 0.244. The predicted octanol–water partition coefficient (Wildman–Crippen LogP) is 2.82. The van der Waals surface area contributed by atoms with Crippen LogP contribution >= 0.6 is 0 Å². The van der Waals surface area contributed by atoms with Crippen molar-refractivity contribution in [2.45, 2.75) is 6.54 Å². The number of esters is 1. The average molecular weight is 355 g/mol. The number of ether oxygens (including phenoxy) is 3. The SMILES string of the molecule is COC(=O)c1ccc(/C=C/C(=O)NCc2cc(OC)ccc2OC)cc1. The van der Waals surface area contributed by atoms with Crippen LogP contribution in [0.1, 0.15) is 21.5 Å². The van der Waals surface area contributed by atoms with Crippen LogP contribution in [0.3, 0.4) is 0 Å². The third-order valence-corrected chi connectivity index (χ3v) is 3.70. The monoisotopic (exact) mass is 355 g/mol. The molecule has 1 amide bonds. The highest BCUT2D eigenvalue weighted by molar-refractivity contribution is 5.92. The van der Waals surface area contributed by atoms with Crippen molar-refractivity contribution in [3.8, 4) is 11.5 Å². The first-order chi connectivity index (χ1) is 12.6. The van der Waals surface area contributed by atoms with E-state index in [1.807, 2.05) is 6.07 Å². The highest BCUT2D eigenvalue weighted by Crippen LogP contribution is 2.23. The van der Waals surface area contributed by atoms with Gasteiger partial charge in [-0.2, -0.15) is 0 Å². The van der Waals surface area contributed by atoms with Crippen LogP contribution in [0.15, 0.2) is 48.5 Å². The van der Waals surface area contributed by atoms with E-state index < -0.39 is 5.97 Å². The molecule has 6 heteroatoms. The molecule has 2 aromatic carbocycles. The van der Waals surface area contributed by atoms with Crippen molar-refractivity contribution in [3.63, 3.8) is 0 Å². The van der Waals surface area contributed by atoms with Crippen molar-refractivity contribution in [1.29, 1.82) is 0 Å². The minimum atomic E-state index is -0.398. The number of hydrogen-bond donors (Lipinski definition) is 1. The summed E-state index contributed by atoms with van der Waals surface area (Å²) in [6.07, 6.45) is 3.10. The lowest BCUT2D eigenvalue weighted by molar-refractivity contribution is -0.116. The fourth-order valence-electron chi connectivity index (χ4n) is 2.28. The lowest BCUT2D eigenvalue weighted by Gasteiger charge is -2.10. The van der Waals surface area contributed by atoms with E-state index in [0.29, 0.717) is 23.6 Å². The Labute approximate surface area is 152 Å². The molecule has 0 unspecified atom stereocenters. The molecule has 2 rings (SSSR count). The minimum Gasteiger partial charge on any atom is -0.497 e. The zero-order valence-corrected chi connectivity index (χ0v) is 14.9. The summed E-state index contributed by atoms with van der Waals surface area (Å²) in [5, 5.41) is 2.80. The van der Waals surface area contributed by atoms with Gasteiger partial charge in [0.1, 0.15) is 11.5 Å². The van der Waals surface area contributed by atoms with E-state index in [2.05, 4.69) is 10.1 Å². The van der Waals surface area contributed by atoms with Gasteiger partial charge in [-0.3, -0.25) is 4.79 Å². The van der Waals surface area contributed by atoms with Gasteiger partial charge in [0.2, 0.25) is 5.91 Å². The summed E-state index contributed by atoms with van der Waals surface area (Å²) in [5.41, 5.74) is 2.07. The van der Waals surface area contributed by atoms with E-state index in [1.54, 1.807) is 56.7 Å². The van der Waals surface area contributed by atoms with Crippen molar-refractivity contribution in [3.05, 3.63) is 65.2 Å². The van der Waals surface area contributed by atoms with Crippen LogP contribution in [-0.2, 0) is 16.1 Å². The number of methoxy groups -OCH3 is 3. The van der Waals surface area contributed by atoms with Crippen molar-refractivity contribution >= 4 is 18.0 Å². The maximum absolute atomic E-state index is 12.0. The first-order valence-corrected chi connectivity index (χ1v) is 7.92. The van der Waals surface area contributed by atoms with Crippen molar-refractivity contribution in [2.24, 2.45) is 0 Å². The third kappa shape index (κ3) is 5.11. The zero-order chi connectivity index (χ0) is 18.9.